The number of Topliss-reactive ketones (excluding diaryl/α,β-unsaturated/α-hetero) is 1. The number of benzene rings is 2. The van der Waals surface area contributed by atoms with Gasteiger partial charge in [-0.15, -0.1) is 0 Å². The summed E-state index contributed by atoms with van der Waals surface area (Å²) in [5.74, 6) is 0.644. The van der Waals surface area contributed by atoms with E-state index in [9.17, 15) is 9.18 Å². The number of ketones is 1. The van der Waals surface area contributed by atoms with Crippen molar-refractivity contribution >= 4 is 34.3 Å². The predicted molar refractivity (Wildman–Crippen MR) is 111 cm³/mol. The highest BCUT2D eigenvalue weighted by Gasteiger charge is 2.17. The van der Waals surface area contributed by atoms with Crippen LogP contribution in [0, 0.1) is 5.82 Å². The van der Waals surface area contributed by atoms with E-state index in [2.05, 4.69) is 10.3 Å². The van der Waals surface area contributed by atoms with Crippen LogP contribution in [-0.4, -0.2) is 27.5 Å². The van der Waals surface area contributed by atoms with E-state index < -0.39 is 0 Å². The van der Waals surface area contributed by atoms with Gasteiger partial charge in [0.05, 0.1) is 11.3 Å². The van der Waals surface area contributed by atoms with Crippen LogP contribution >= 0.6 is 11.8 Å². The van der Waals surface area contributed by atoms with Crippen molar-refractivity contribution in [3.63, 3.8) is 0 Å². The number of hydrogen-bond acceptors (Lipinski definition) is 5. The molecular formula is C22H22FN3OS. The van der Waals surface area contributed by atoms with Gasteiger partial charge in [0, 0.05) is 17.0 Å². The minimum Gasteiger partial charge on any atom is -0.367 e. The molecule has 4 nitrogen and oxygen atoms in total. The standard InChI is InChI=1S/C22H22FN3OS/c23-16-12-10-15(11-13-16)20(27)14-28-22-25-19-9-5-4-8-18(19)21(26-22)24-17-6-2-1-3-7-17/h4-5,8-13,17H,1-3,6-7,14H2,(H,24,25,26). The Morgan fingerprint density at radius 2 is 1.79 bits per heavy atom. The lowest BCUT2D eigenvalue weighted by Gasteiger charge is -2.24. The molecule has 0 aliphatic heterocycles. The maximum Gasteiger partial charge on any atom is 0.190 e. The monoisotopic (exact) mass is 395 g/mol. The maximum absolute atomic E-state index is 13.0. The summed E-state index contributed by atoms with van der Waals surface area (Å²) in [5.41, 5.74) is 1.36. The summed E-state index contributed by atoms with van der Waals surface area (Å²) >= 11 is 1.31. The number of nitrogens with zero attached hydrogens (tertiary/aromatic N) is 2. The van der Waals surface area contributed by atoms with Gasteiger partial charge in [-0.3, -0.25) is 4.79 Å². The molecule has 1 fully saturated rings. The zero-order valence-electron chi connectivity index (χ0n) is 15.5. The summed E-state index contributed by atoms with van der Waals surface area (Å²) in [5, 5.41) is 5.18. The molecule has 28 heavy (non-hydrogen) atoms. The average Bonchev–Trinajstić information content (AvgIpc) is 2.73. The van der Waals surface area contributed by atoms with Gasteiger partial charge in [0.1, 0.15) is 11.6 Å². The Morgan fingerprint density at radius 3 is 2.57 bits per heavy atom. The molecule has 1 aliphatic carbocycles. The third-order valence-electron chi connectivity index (χ3n) is 5.03. The Morgan fingerprint density at radius 1 is 1.04 bits per heavy atom. The zero-order valence-corrected chi connectivity index (χ0v) is 16.3. The van der Waals surface area contributed by atoms with Gasteiger partial charge in [-0.05, 0) is 49.2 Å². The second kappa shape index (κ2) is 8.69. The van der Waals surface area contributed by atoms with Crippen molar-refractivity contribution in [3.05, 3.63) is 59.9 Å². The Balaban J connectivity index is 1.53. The predicted octanol–water partition coefficient (Wildman–Crippen LogP) is 5.49. The molecule has 1 saturated carbocycles. The highest BCUT2D eigenvalue weighted by molar-refractivity contribution is 7.99. The molecule has 0 spiro atoms. The minimum absolute atomic E-state index is 0.0662. The number of fused-ring (bicyclic) bond motifs is 1. The summed E-state index contributed by atoms with van der Waals surface area (Å²) in [6.07, 6.45) is 6.10. The minimum atomic E-state index is -0.347. The molecule has 1 aliphatic rings. The number of carbonyl (C=O) groups is 1. The molecule has 0 bridgehead atoms. The van der Waals surface area contributed by atoms with Crippen molar-refractivity contribution in [1.82, 2.24) is 9.97 Å². The summed E-state index contributed by atoms with van der Waals surface area (Å²) in [4.78, 5) is 21.7. The van der Waals surface area contributed by atoms with Gasteiger partial charge in [0.15, 0.2) is 10.9 Å². The molecule has 0 saturated heterocycles. The van der Waals surface area contributed by atoms with Gasteiger partial charge in [-0.1, -0.05) is 43.2 Å². The lowest BCUT2D eigenvalue weighted by atomic mass is 9.95. The molecule has 144 valence electrons. The van der Waals surface area contributed by atoms with Crippen LogP contribution in [0.15, 0.2) is 53.7 Å². The second-order valence-corrected chi connectivity index (χ2v) is 8.01. The average molecular weight is 396 g/mol. The van der Waals surface area contributed by atoms with E-state index in [1.54, 1.807) is 0 Å². The van der Waals surface area contributed by atoms with E-state index in [0.29, 0.717) is 16.8 Å². The van der Waals surface area contributed by atoms with Crippen molar-refractivity contribution in [2.45, 2.75) is 43.3 Å². The van der Waals surface area contributed by atoms with Crippen LogP contribution in [0.5, 0.6) is 0 Å². The number of para-hydroxylation sites is 1. The summed E-state index contributed by atoms with van der Waals surface area (Å²) < 4.78 is 13.0. The van der Waals surface area contributed by atoms with E-state index in [1.807, 2.05) is 24.3 Å². The SMILES string of the molecule is O=C(CSc1nc(NC2CCCCC2)c2ccccc2n1)c1ccc(F)cc1. The maximum atomic E-state index is 13.0. The number of nitrogens with one attached hydrogen (secondary N) is 1. The fourth-order valence-corrected chi connectivity index (χ4v) is 4.26. The molecule has 0 unspecified atom stereocenters. The second-order valence-electron chi connectivity index (χ2n) is 7.07. The van der Waals surface area contributed by atoms with Gasteiger partial charge < -0.3 is 5.32 Å². The van der Waals surface area contributed by atoms with E-state index >= 15 is 0 Å². The van der Waals surface area contributed by atoms with Gasteiger partial charge in [0.25, 0.3) is 0 Å². The Labute approximate surface area is 168 Å². The smallest absolute Gasteiger partial charge is 0.190 e. The first kappa shape index (κ1) is 18.9. The molecule has 0 amide bonds. The van der Waals surface area contributed by atoms with Crippen LogP contribution in [0.3, 0.4) is 0 Å². The number of thioether (sulfide) groups is 1. The van der Waals surface area contributed by atoms with Gasteiger partial charge in [-0.25, -0.2) is 14.4 Å². The highest BCUT2D eigenvalue weighted by atomic mass is 32.2. The summed E-state index contributed by atoms with van der Waals surface area (Å²) in [6.45, 7) is 0. The van der Waals surface area contributed by atoms with E-state index in [0.717, 1.165) is 29.6 Å². The van der Waals surface area contributed by atoms with Crippen molar-refractivity contribution in [3.8, 4) is 0 Å². The summed E-state index contributed by atoms with van der Waals surface area (Å²) in [7, 11) is 0. The molecule has 1 heterocycles. The van der Waals surface area contributed by atoms with Crippen LogP contribution in [-0.2, 0) is 0 Å². The quantitative estimate of drug-likeness (QED) is 0.340. The molecule has 4 rings (SSSR count). The lowest BCUT2D eigenvalue weighted by Crippen LogP contribution is -2.23. The molecule has 1 aromatic heterocycles. The molecular weight excluding hydrogens is 373 g/mol. The Hall–Kier alpha value is -2.47. The molecule has 1 N–H and O–H groups in total. The highest BCUT2D eigenvalue weighted by Crippen LogP contribution is 2.28. The number of anilines is 1. The molecule has 2 aromatic carbocycles. The first-order valence-corrected chi connectivity index (χ1v) is 10.6. The van der Waals surface area contributed by atoms with Crippen LogP contribution in [0.2, 0.25) is 0 Å². The van der Waals surface area contributed by atoms with Crippen molar-refractivity contribution in [1.29, 1.82) is 0 Å². The molecule has 6 heteroatoms. The first-order chi connectivity index (χ1) is 13.7. The van der Waals surface area contributed by atoms with Crippen LogP contribution in [0.25, 0.3) is 10.9 Å². The van der Waals surface area contributed by atoms with Crippen molar-refractivity contribution in [2.75, 3.05) is 11.1 Å². The first-order valence-electron chi connectivity index (χ1n) is 9.64. The van der Waals surface area contributed by atoms with Gasteiger partial charge in [0.2, 0.25) is 0 Å². The fraction of sp³-hybridized carbons (Fsp3) is 0.318. The normalized spacial score (nSPS) is 14.9. The van der Waals surface area contributed by atoms with Crippen molar-refractivity contribution < 1.29 is 9.18 Å². The number of halogens is 1. The third-order valence-corrected chi connectivity index (χ3v) is 5.87. The molecule has 0 radical (unpaired) electrons. The lowest BCUT2D eigenvalue weighted by molar-refractivity contribution is 0.102. The van der Waals surface area contributed by atoms with Gasteiger partial charge in [-0.2, -0.15) is 0 Å². The van der Waals surface area contributed by atoms with Crippen LogP contribution in [0.1, 0.15) is 42.5 Å². The molecule has 0 atom stereocenters. The molecule has 3 aromatic rings. The Kier molecular flexibility index (Phi) is 5.86. The Bertz CT molecular complexity index is 971. The number of carbonyl (C=O) groups excluding carboxylic acids is 1. The van der Waals surface area contributed by atoms with Crippen molar-refractivity contribution in [2.24, 2.45) is 0 Å². The number of rotatable bonds is 6. The summed E-state index contributed by atoms with van der Waals surface area (Å²) in [6, 6.07) is 14.0. The number of hydrogen-bond donors (Lipinski definition) is 1. The fourth-order valence-electron chi connectivity index (χ4n) is 3.52. The largest absolute Gasteiger partial charge is 0.367 e. The van der Waals surface area contributed by atoms with Crippen LogP contribution < -0.4 is 5.32 Å². The number of aromatic nitrogens is 2. The topological polar surface area (TPSA) is 54.9 Å². The van der Waals surface area contributed by atoms with E-state index in [-0.39, 0.29) is 17.4 Å². The van der Waals surface area contributed by atoms with E-state index in [4.69, 9.17) is 4.98 Å². The van der Waals surface area contributed by atoms with Gasteiger partial charge >= 0.3 is 0 Å². The van der Waals surface area contributed by atoms with Crippen LogP contribution in [0.4, 0.5) is 10.2 Å². The third kappa shape index (κ3) is 4.50. The zero-order chi connectivity index (χ0) is 19.3. The van der Waals surface area contributed by atoms with E-state index in [1.165, 1.54) is 55.3 Å².